The van der Waals surface area contributed by atoms with Crippen LogP contribution in [0.25, 0.3) is 10.2 Å². The van der Waals surface area contributed by atoms with Gasteiger partial charge in [0.2, 0.25) is 0 Å². The second-order valence-corrected chi connectivity index (χ2v) is 3.74. The normalized spacial score (nSPS) is 9.71. The summed E-state index contributed by atoms with van der Waals surface area (Å²) in [6, 6.07) is 7.57. The summed E-state index contributed by atoms with van der Waals surface area (Å²) in [7, 11) is 0. The van der Waals surface area contributed by atoms with E-state index in [2.05, 4.69) is 4.98 Å². The first-order valence-corrected chi connectivity index (χ1v) is 4.61. The van der Waals surface area contributed by atoms with E-state index < -0.39 is 5.97 Å². The summed E-state index contributed by atoms with van der Waals surface area (Å²) in [6.07, 6.45) is -0.0979. The third-order valence-corrected chi connectivity index (χ3v) is 2.67. The quantitative estimate of drug-likeness (QED) is 0.524. The summed E-state index contributed by atoms with van der Waals surface area (Å²) in [5.74, 6) is -1.08. The van der Waals surface area contributed by atoms with Gasteiger partial charge in [-0.25, -0.2) is 4.98 Å². The Morgan fingerprint density at radius 2 is 2.14 bits per heavy atom. The number of benzene rings is 1. The second-order valence-electron chi connectivity index (χ2n) is 2.62. The molecule has 0 bridgehead atoms. The molecule has 66 valence electrons. The van der Waals surface area contributed by atoms with Crippen LogP contribution in [0.5, 0.6) is 0 Å². The zero-order chi connectivity index (χ0) is 9.26. The molecule has 0 aliphatic carbocycles. The van der Waals surface area contributed by atoms with Crippen LogP contribution in [-0.4, -0.2) is 11.0 Å². The molecule has 1 aromatic heterocycles. The van der Waals surface area contributed by atoms with Crippen molar-refractivity contribution in [2.45, 2.75) is 6.42 Å². The molecule has 5 heteroatoms. The predicted molar refractivity (Wildman–Crippen MR) is 48.3 cm³/mol. The number of nitrogens with zero attached hydrogens (tertiary/aromatic N) is 1. The largest absolute Gasteiger partial charge is 1.00 e. The van der Waals surface area contributed by atoms with Gasteiger partial charge in [0.15, 0.2) is 0 Å². The first kappa shape index (κ1) is 11.7. The molecule has 3 nitrogen and oxygen atoms in total. The Kier molecular flexibility index (Phi) is 4.07. The van der Waals surface area contributed by atoms with Gasteiger partial charge in [-0.05, 0) is 12.1 Å². The molecular weight excluding hydrogens is 209 g/mol. The molecule has 0 aliphatic heterocycles. The van der Waals surface area contributed by atoms with E-state index in [1.54, 1.807) is 0 Å². The van der Waals surface area contributed by atoms with Crippen LogP contribution < -0.4 is 34.7 Å². The Bertz CT molecular complexity index is 422. The molecular formula is C9H6NNaO2S. The molecule has 0 aliphatic rings. The van der Waals surface area contributed by atoms with Gasteiger partial charge >= 0.3 is 29.6 Å². The van der Waals surface area contributed by atoms with Gasteiger partial charge in [0, 0.05) is 12.4 Å². The zero-order valence-electron chi connectivity index (χ0n) is 7.69. The van der Waals surface area contributed by atoms with Gasteiger partial charge in [-0.1, -0.05) is 12.1 Å². The van der Waals surface area contributed by atoms with Gasteiger partial charge in [-0.15, -0.1) is 11.3 Å². The molecule has 0 atom stereocenters. The maximum atomic E-state index is 10.3. The molecule has 0 radical (unpaired) electrons. The van der Waals surface area contributed by atoms with Crippen molar-refractivity contribution < 1.29 is 39.5 Å². The molecule has 1 heterocycles. The fourth-order valence-electron chi connectivity index (χ4n) is 1.12. The Labute approximate surface area is 107 Å². The molecule has 14 heavy (non-hydrogen) atoms. The van der Waals surface area contributed by atoms with E-state index >= 15 is 0 Å². The molecule has 0 saturated heterocycles. The van der Waals surface area contributed by atoms with Crippen LogP contribution in [0.4, 0.5) is 0 Å². The van der Waals surface area contributed by atoms with Crippen molar-refractivity contribution in [3.05, 3.63) is 29.3 Å². The number of para-hydroxylation sites is 1. The maximum absolute atomic E-state index is 10.3. The molecule has 0 saturated carbocycles. The van der Waals surface area contributed by atoms with Crippen LogP contribution in [-0.2, 0) is 11.2 Å². The van der Waals surface area contributed by atoms with Crippen molar-refractivity contribution in [3.8, 4) is 0 Å². The Balaban J connectivity index is 0.000000980. The van der Waals surface area contributed by atoms with Gasteiger partial charge < -0.3 is 9.90 Å². The number of fused-ring (bicyclic) bond motifs is 1. The van der Waals surface area contributed by atoms with Crippen LogP contribution in [0.3, 0.4) is 0 Å². The van der Waals surface area contributed by atoms with Crippen molar-refractivity contribution in [1.29, 1.82) is 0 Å². The predicted octanol–water partition coefficient (Wildman–Crippen LogP) is -2.41. The summed E-state index contributed by atoms with van der Waals surface area (Å²) >= 11 is 1.39. The molecule has 0 unspecified atom stereocenters. The number of carboxylic acid groups (broad SMARTS) is 1. The minimum Gasteiger partial charge on any atom is -0.550 e. The van der Waals surface area contributed by atoms with E-state index in [0.29, 0.717) is 5.01 Å². The Morgan fingerprint density at radius 1 is 1.43 bits per heavy atom. The van der Waals surface area contributed by atoms with Crippen molar-refractivity contribution in [1.82, 2.24) is 4.98 Å². The van der Waals surface area contributed by atoms with Crippen LogP contribution in [0.1, 0.15) is 5.01 Å². The van der Waals surface area contributed by atoms with Gasteiger partial charge in [0.1, 0.15) is 0 Å². The average Bonchev–Trinajstić information content (AvgIpc) is 2.44. The SMILES string of the molecule is O=C([O-])Cc1nc2ccccc2s1.[Na+]. The summed E-state index contributed by atoms with van der Waals surface area (Å²) < 4.78 is 1.01. The number of aliphatic carboxylic acids is 1. The molecule has 2 aromatic rings. The number of hydrogen-bond donors (Lipinski definition) is 0. The number of carbonyl (C=O) groups excluding carboxylic acids is 1. The number of carbonyl (C=O) groups is 1. The number of aromatic nitrogens is 1. The van der Waals surface area contributed by atoms with E-state index in [1.165, 1.54) is 11.3 Å². The van der Waals surface area contributed by atoms with Crippen molar-refractivity contribution in [3.63, 3.8) is 0 Å². The minimum absolute atomic E-state index is 0. The summed E-state index contributed by atoms with van der Waals surface area (Å²) in [6.45, 7) is 0. The third kappa shape index (κ3) is 2.54. The first-order chi connectivity index (χ1) is 6.25. The summed E-state index contributed by atoms with van der Waals surface area (Å²) in [4.78, 5) is 14.5. The average molecular weight is 215 g/mol. The standard InChI is InChI=1S/C9H7NO2S.Na/c11-9(12)5-8-10-6-3-1-2-4-7(6)13-8;/h1-4H,5H2,(H,11,12);/q;+1/p-1. The molecule has 1 aromatic carbocycles. The van der Waals surface area contributed by atoms with E-state index in [4.69, 9.17) is 0 Å². The number of rotatable bonds is 2. The summed E-state index contributed by atoms with van der Waals surface area (Å²) in [5, 5.41) is 10.9. The number of thiazole rings is 1. The van der Waals surface area contributed by atoms with Gasteiger partial charge in [-0.2, -0.15) is 0 Å². The van der Waals surface area contributed by atoms with Gasteiger partial charge in [0.05, 0.1) is 15.2 Å². The third-order valence-electron chi connectivity index (χ3n) is 1.63. The fraction of sp³-hybridized carbons (Fsp3) is 0.111. The van der Waals surface area contributed by atoms with E-state index in [1.807, 2.05) is 24.3 Å². The van der Waals surface area contributed by atoms with Crippen LogP contribution >= 0.6 is 11.3 Å². The van der Waals surface area contributed by atoms with Crippen molar-refractivity contribution in [2.75, 3.05) is 0 Å². The maximum Gasteiger partial charge on any atom is 1.00 e. The summed E-state index contributed by atoms with van der Waals surface area (Å²) in [5.41, 5.74) is 0.851. The second kappa shape index (κ2) is 4.89. The molecule has 0 spiro atoms. The Hall–Kier alpha value is -0.420. The topological polar surface area (TPSA) is 53.0 Å². The molecule has 0 amide bonds. The van der Waals surface area contributed by atoms with Gasteiger partial charge in [0.25, 0.3) is 0 Å². The molecule has 2 rings (SSSR count). The van der Waals surface area contributed by atoms with E-state index in [0.717, 1.165) is 10.2 Å². The van der Waals surface area contributed by atoms with Crippen molar-refractivity contribution in [2.24, 2.45) is 0 Å². The zero-order valence-corrected chi connectivity index (χ0v) is 10.5. The van der Waals surface area contributed by atoms with E-state index in [9.17, 15) is 9.90 Å². The fourth-order valence-corrected chi connectivity index (χ4v) is 2.07. The first-order valence-electron chi connectivity index (χ1n) is 3.80. The molecule has 0 N–H and O–H groups in total. The van der Waals surface area contributed by atoms with Crippen LogP contribution in [0.15, 0.2) is 24.3 Å². The Morgan fingerprint density at radius 3 is 2.79 bits per heavy atom. The van der Waals surface area contributed by atoms with Crippen molar-refractivity contribution >= 4 is 27.5 Å². The monoisotopic (exact) mass is 215 g/mol. The molecule has 0 fully saturated rings. The van der Waals surface area contributed by atoms with E-state index in [-0.39, 0.29) is 36.0 Å². The number of carboxylic acids is 1. The smallest absolute Gasteiger partial charge is 0.550 e. The van der Waals surface area contributed by atoms with Crippen LogP contribution in [0, 0.1) is 0 Å². The van der Waals surface area contributed by atoms with Crippen LogP contribution in [0.2, 0.25) is 0 Å². The number of hydrogen-bond acceptors (Lipinski definition) is 4. The van der Waals surface area contributed by atoms with Gasteiger partial charge in [-0.3, -0.25) is 0 Å². The minimum atomic E-state index is -1.08.